The summed E-state index contributed by atoms with van der Waals surface area (Å²) in [5.74, 6) is 8.09. The van der Waals surface area contributed by atoms with E-state index >= 15 is 0 Å². The molecule has 428 valence electrons. The molecule has 3 aromatic carbocycles. The molecule has 6 aliphatic heterocycles. The van der Waals surface area contributed by atoms with Crippen molar-refractivity contribution in [3.63, 3.8) is 0 Å². The number of piperidine rings is 1. The van der Waals surface area contributed by atoms with Crippen molar-refractivity contribution >= 4 is 38.6 Å². The first-order chi connectivity index (χ1) is 39.1. The number of ether oxygens (including phenoxy) is 1. The Hall–Kier alpha value is -5.94. The lowest BCUT2D eigenvalue weighted by Crippen LogP contribution is -2.71. The first-order valence-electron chi connectivity index (χ1n) is 29.8. The molecule has 17 nitrogen and oxygen atoms in total. The summed E-state index contributed by atoms with van der Waals surface area (Å²) in [6, 6.07) is 12.9. The molecule has 17 heteroatoms. The molecule has 9 heterocycles. The van der Waals surface area contributed by atoms with Gasteiger partial charge in [0.15, 0.2) is 22.9 Å². The molecule has 1 amide bonds. The highest BCUT2D eigenvalue weighted by Gasteiger charge is 2.67. The second-order valence-electron chi connectivity index (χ2n) is 25.6. The van der Waals surface area contributed by atoms with Gasteiger partial charge in [-0.15, -0.1) is 5.92 Å². The van der Waals surface area contributed by atoms with Crippen molar-refractivity contribution in [2.75, 3.05) is 19.7 Å². The number of fused-ring (bicyclic) bond motifs is 5. The molecule has 2 spiro atoms. The van der Waals surface area contributed by atoms with Crippen molar-refractivity contribution in [3.8, 4) is 34.8 Å². The normalized spacial score (nSPS) is 33.3. The molecule has 2 saturated heterocycles. The quantitative estimate of drug-likeness (QED) is 0.0600. The number of aromatic hydroxyl groups is 2. The molecule has 0 radical (unpaired) electrons. The molecule has 5 fully saturated rings. The van der Waals surface area contributed by atoms with Crippen LogP contribution < -0.4 is 20.8 Å². The van der Waals surface area contributed by atoms with E-state index in [1.165, 1.54) is 36.4 Å². The second-order valence-corrected chi connectivity index (χ2v) is 25.6. The van der Waals surface area contributed by atoms with Gasteiger partial charge in [0.25, 0.3) is 0 Å². The van der Waals surface area contributed by atoms with Crippen molar-refractivity contribution in [1.82, 2.24) is 20.2 Å². The van der Waals surface area contributed by atoms with Crippen LogP contribution in [0.15, 0.2) is 63.9 Å². The lowest BCUT2D eigenvalue weighted by atomic mass is 9.47. The molecule has 16 atom stereocenters. The van der Waals surface area contributed by atoms with Crippen LogP contribution >= 0.6 is 0 Å². The van der Waals surface area contributed by atoms with Gasteiger partial charge in [-0.25, -0.2) is 9.78 Å². The number of aliphatic hydroxyl groups is 5. The third-order valence-corrected chi connectivity index (χ3v) is 21.4. The Balaban J connectivity index is 0.997. The van der Waals surface area contributed by atoms with E-state index in [9.17, 15) is 45.3 Å². The lowest BCUT2D eigenvalue weighted by Gasteiger charge is -2.63. The molecule has 81 heavy (non-hydrogen) atoms. The molecule has 3 aliphatic carbocycles. The van der Waals surface area contributed by atoms with Gasteiger partial charge in [-0.3, -0.25) is 9.59 Å². The van der Waals surface area contributed by atoms with Gasteiger partial charge in [-0.1, -0.05) is 38.2 Å². The molecular weight excluding hydrogens is 1030 g/mol. The highest BCUT2D eigenvalue weighted by Crippen LogP contribution is 2.64. The summed E-state index contributed by atoms with van der Waals surface area (Å²) in [7, 11) is 0. The highest BCUT2D eigenvalue weighted by molar-refractivity contribution is 5.94. The number of phenols is 2. The van der Waals surface area contributed by atoms with Gasteiger partial charge in [0.2, 0.25) is 5.91 Å². The Morgan fingerprint density at radius 3 is 2.60 bits per heavy atom. The van der Waals surface area contributed by atoms with E-state index in [4.69, 9.17) is 18.9 Å². The van der Waals surface area contributed by atoms with Crippen molar-refractivity contribution < 1.29 is 59.5 Å². The first kappa shape index (κ1) is 53.1. The fraction of sp³-hybridized carbons (Fsp3) is 0.562. The van der Waals surface area contributed by atoms with Crippen LogP contribution in [-0.2, 0) is 40.3 Å². The van der Waals surface area contributed by atoms with Gasteiger partial charge in [0, 0.05) is 77.8 Å². The summed E-state index contributed by atoms with van der Waals surface area (Å²) in [4.78, 5) is 46.9. The van der Waals surface area contributed by atoms with Crippen molar-refractivity contribution in [2.24, 2.45) is 46.8 Å². The number of phenolic OH excluding ortho intramolecular Hbond substituents is 2. The van der Waals surface area contributed by atoms with E-state index in [0.29, 0.717) is 88.3 Å². The number of rotatable bonds is 8. The molecule has 0 unspecified atom stereocenters. The standard InChI is InChI=1S/C64H74N4O13/c1-3-49-43-24-38-10-4-7-33-8-6-17-62(26-33)47(29-66-61(62)76)45-28-64-46-22-36(45)20-42-34(16-18-65-55(42)46)9-5-11-53(63(77,60(75)57(74)52(73)31-69)27-35-12-15-50(71)40-14-13-39(70)25-41(35)40)80-81-54(64)23-37-21-44-51(72)19-32(2)78-59(44)56(58(37)79-64)68(49)30-48(43)67-38/h12-15,19,21,24-25,30,33-34,36,42,45-47,52-55,57,60,65,67,69-71,73-75,77H,3-4,6-10,16-18,20,22-23,26-29,31H2,1-2H3,(H,66,76)/t33-,34+,36+,42-,45+,46+,47-,52+,53+,54+,55+,57+,60-,62+,63-,64-/m0/s1. The molecule has 3 saturated carbocycles. The smallest absolute Gasteiger partial charge is 0.226 e. The molecule has 10 N–H and O–H groups in total. The topological polar surface area (TPSA) is 261 Å². The Morgan fingerprint density at radius 1 is 0.914 bits per heavy atom. The van der Waals surface area contributed by atoms with Crippen LogP contribution in [0.2, 0.25) is 0 Å². The monoisotopic (exact) mass is 1110 g/mol. The summed E-state index contributed by atoms with van der Waals surface area (Å²) >= 11 is 0. The number of aryl methyl sites for hydroxylation is 3. The number of aromatic nitrogens is 2. The number of nitrogens with one attached hydrogen (secondary N) is 3. The number of hydrogen-bond acceptors (Lipinski definition) is 14. The number of aromatic amines is 1. The van der Waals surface area contributed by atoms with Crippen molar-refractivity contribution in [2.45, 2.75) is 158 Å². The first-order valence-corrected chi connectivity index (χ1v) is 29.8. The van der Waals surface area contributed by atoms with Crippen LogP contribution in [0.5, 0.6) is 17.2 Å². The third kappa shape index (κ3) is 8.31. The molecule has 6 aromatic rings. The van der Waals surface area contributed by atoms with E-state index in [1.807, 2.05) is 6.07 Å². The van der Waals surface area contributed by atoms with Crippen LogP contribution in [0.25, 0.3) is 38.3 Å². The predicted octanol–water partition coefficient (Wildman–Crippen LogP) is 6.21. The van der Waals surface area contributed by atoms with Crippen LogP contribution in [0.1, 0.15) is 106 Å². The van der Waals surface area contributed by atoms with E-state index in [-0.39, 0.29) is 70.8 Å². The fourth-order valence-electron chi connectivity index (χ4n) is 17.6. The minimum Gasteiger partial charge on any atom is -0.508 e. The second kappa shape index (κ2) is 19.9. The fourth-order valence-corrected chi connectivity index (χ4v) is 17.6. The van der Waals surface area contributed by atoms with Crippen LogP contribution in [-0.4, -0.2) is 119 Å². The van der Waals surface area contributed by atoms with E-state index in [0.717, 1.165) is 86.5 Å². The van der Waals surface area contributed by atoms with Crippen LogP contribution in [0.3, 0.4) is 0 Å². The van der Waals surface area contributed by atoms with Gasteiger partial charge < -0.3 is 65.1 Å². The van der Waals surface area contributed by atoms with Crippen LogP contribution in [0.4, 0.5) is 0 Å². The Kier molecular flexibility index (Phi) is 13.0. The zero-order valence-electron chi connectivity index (χ0n) is 46.0. The number of H-pyrrole nitrogens is 1. The van der Waals surface area contributed by atoms with Gasteiger partial charge in [-0.05, 0) is 154 Å². The molecule has 9 aliphatic rings. The predicted molar refractivity (Wildman–Crippen MR) is 300 cm³/mol. The zero-order chi connectivity index (χ0) is 55.9. The minimum atomic E-state index is -2.62. The van der Waals surface area contributed by atoms with Gasteiger partial charge in [0.05, 0.1) is 22.9 Å². The molecule has 3 aromatic heterocycles. The minimum absolute atomic E-state index is 0.00964. The number of hydrogen-bond donors (Lipinski definition) is 10. The number of carbonyl (C=O) groups excluding carboxylic acids is 1. The maximum atomic E-state index is 14.9. The summed E-state index contributed by atoms with van der Waals surface area (Å²) < 4.78 is 17.1. The van der Waals surface area contributed by atoms with Gasteiger partial charge in [0.1, 0.15) is 58.6 Å². The van der Waals surface area contributed by atoms with E-state index in [2.05, 4.69) is 51.2 Å². The van der Waals surface area contributed by atoms with E-state index < -0.39 is 60.2 Å². The van der Waals surface area contributed by atoms with Gasteiger partial charge >= 0.3 is 0 Å². The molecule has 14 bridgehead atoms. The Bertz CT molecular complexity index is 3620. The number of nitrogens with zero attached hydrogens (tertiary/aromatic N) is 1. The average Bonchev–Trinajstić information content (AvgIpc) is 3.05. The van der Waals surface area contributed by atoms with Gasteiger partial charge in [-0.2, -0.15) is 0 Å². The van der Waals surface area contributed by atoms with Crippen LogP contribution in [0, 0.1) is 65.6 Å². The summed E-state index contributed by atoms with van der Waals surface area (Å²) in [5, 5.41) is 89.9. The third-order valence-electron chi connectivity index (χ3n) is 21.4. The van der Waals surface area contributed by atoms with Crippen molar-refractivity contribution in [1.29, 1.82) is 0 Å². The number of benzene rings is 3. The average molecular weight is 1110 g/mol. The maximum absolute atomic E-state index is 14.9. The number of aliphatic hydroxyl groups excluding tert-OH is 4. The Labute approximate surface area is 468 Å². The zero-order valence-corrected chi connectivity index (χ0v) is 46.0. The maximum Gasteiger partial charge on any atom is 0.226 e. The Morgan fingerprint density at radius 2 is 1.77 bits per heavy atom. The molecule has 15 rings (SSSR count). The molecular formula is C64H74N4O13. The van der Waals surface area contributed by atoms with Crippen molar-refractivity contribution in [3.05, 3.63) is 93.2 Å². The summed E-state index contributed by atoms with van der Waals surface area (Å²) in [5.41, 5.74) is 0.509. The number of carbonyl (C=O) groups is 1. The lowest BCUT2D eigenvalue weighted by molar-refractivity contribution is -0.397. The highest BCUT2D eigenvalue weighted by atomic mass is 17.2. The number of amides is 1. The largest absolute Gasteiger partial charge is 0.508 e. The van der Waals surface area contributed by atoms with E-state index in [1.54, 1.807) is 6.92 Å². The summed E-state index contributed by atoms with van der Waals surface area (Å²) in [6.07, 6.45) is 3.38. The SMILES string of the molecule is CCc1c2cc3[nH]c2cn1-c1c2c(cc4c(=O)cc(C)oc14)C[C@H]1OO[C@@H]([C@@](O)(Cc4ccc(O)c5ccc(O)cc45)[C@@H](O)[C@H](O)[C@H](O)CO)C#CC[C@@H]4CCN[C@@H]5[C@H]4C[C@@H]4C[C@H]5[C@]1(C[C@H]4[C@@H]1CNC(=O)[C@@]14CCC[C@H](CCC3)C4)O2. The summed E-state index contributed by atoms with van der Waals surface area (Å²) in [6.45, 7) is 4.24.